The molecule has 0 aromatic rings. The van der Waals surface area contributed by atoms with Crippen molar-refractivity contribution >= 4 is 19.8 Å². The first-order valence-corrected chi connectivity index (χ1v) is 12.4. The van der Waals surface area contributed by atoms with E-state index in [0.29, 0.717) is 24.3 Å². The van der Waals surface area contributed by atoms with Gasteiger partial charge in [0.2, 0.25) is 0 Å². The first-order chi connectivity index (χ1) is 10.6. The zero-order valence-corrected chi connectivity index (χ0v) is 16.6. The molecule has 3 nitrogen and oxygen atoms in total. The van der Waals surface area contributed by atoms with Crippen LogP contribution in [0.5, 0.6) is 0 Å². The highest BCUT2D eigenvalue weighted by Crippen LogP contribution is 2.27. The third-order valence-electron chi connectivity index (χ3n) is 4.33. The molecule has 0 spiro atoms. The Balaban J connectivity index is 2.82. The molecular formula is C19H32O3Si. The van der Waals surface area contributed by atoms with Gasteiger partial charge in [0.25, 0.3) is 0 Å². The fourth-order valence-electron chi connectivity index (χ4n) is 2.70. The van der Waals surface area contributed by atoms with Gasteiger partial charge >= 0.3 is 5.97 Å². The Labute approximate surface area is 142 Å². The molecule has 0 aromatic carbocycles. The lowest BCUT2D eigenvalue weighted by molar-refractivity contribution is -0.145. The van der Waals surface area contributed by atoms with Crippen molar-refractivity contribution in [1.82, 2.24) is 0 Å². The second-order valence-corrected chi connectivity index (χ2v) is 13.5. The summed E-state index contributed by atoms with van der Waals surface area (Å²) in [5, 5.41) is 0. The number of hydrogen-bond acceptors (Lipinski definition) is 3. The van der Waals surface area contributed by atoms with Crippen LogP contribution in [0.3, 0.4) is 0 Å². The lowest BCUT2D eigenvalue weighted by Gasteiger charge is -2.25. The van der Waals surface area contributed by atoms with Gasteiger partial charge in [-0.05, 0) is 38.1 Å². The molecule has 0 N–H and O–H groups in total. The van der Waals surface area contributed by atoms with Crippen molar-refractivity contribution in [2.75, 3.05) is 0 Å². The van der Waals surface area contributed by atoms with Crippen LogP contribution in [0.2, 0.25) is 25.7 Å². The quantitative estimate of drug-likeness (QED) is 0.377. The number of ketones is 1. The molecule has 1 rings (SSSR count). The van der Waals surface area contributed by atoms with Crippen molar-refractivity contribution in [2.24, 2.45) is 5.92 Å². The van der Waals surface area contributed by atoms with Gasteiger partial charge in [-0.2, -0.15) is 0 Å². The van der Waals surface area contributed by atoms with E-state index >= 15 is 0 Å². The summed E-state index contributed by atoms with van der Waals surface area (Å²) in [5.41, 5.74) is 2.03. The maximum atomic E-state index is 12.2. The number of Topliss-reactive ketones (excluding diaryl/α,β-unsaturated/α-hetero) is 1. The molecule has 0 bridgehead atoms. The molecule has 0 heterocycles. The number of carbonyl (C=O) groups excluding carboxylic acids is 2. The van der Waals surface area contributed by atoms with E-state index in [2.05, 4.69) is 39.6 Å². The van der Waals surface area contributed by atoms with Crippen molar-refractivity contribution < 1.29 is 14.3 Å². The average molecular weight is 337 g/mol. The van der Waals surface area contributed by atoms with E-state index in [-0.39, 0.29) is 11.8 Å². The highest BCUT2D eigenvalue weighted by atomic mass is 28.3. The van der Waals surface area contributed by atoms with Gasteiger partial charge in [-0.3, -0.25) is 9.59 Å². The van der Waals surface area contributed by atoms with Gasteiger partial charge in [0.15, 0.2) is 5.78 Å². The Morgan fingerprint density at radius 3 is 2.52 bits per heavy atom. The SMILES string of the molecule is CC(=O)O[C@@H](C[C@@H](C)/C(C)=C/C[Si](C)(C)C)C1=CCCCC1=O. The highest BCUT2D eigenvalue weighted by Gasteiger charge is 2.27. The molecule has 2 atom stereocenters. The molecule has 130 valence electrons. The van der Waals surface area contributed by atoms with Crippen LogP contribution >= 0.6 is 0 Å². The summed E-state index contributed by atoms with van der Waals surface area (Å²) in [4.78, 5) is 23.6. The fourth-order valence-corrected chi connectivity index (χ4v) is 3.64. The van der Waals surface area contributed by atoms with E-state index in [1.165, 1.54) is 12.5 Å². The minimum absolute atomic E-state index is 0.137. The Morgan fingerprint density at radius 1 is 1.35 bits per heavy atom. The predicted octanol–water partition coefficient (Wildman–Crippen LogP) is 4.91. The van der Waals surface area contributed by atoms with Gasteiger partial charge in [-0.25, -0.2) is 0 Å². The molecular weight excluding hydrogens is 304 g/mol. The van der Waals surface area contributed by atoms with E-state index in [9.17, 15) is 9.59 Å². The third-order valence-corrected chi connectivity index (χ3v) is 5.76. The lowest BCUT2D eigenvalue weighted by Crippen LogP contribution is -2.27. The Hall–Kier alpha value is -1.16. The number of carbonyl (C=O) groups is 2. The average Bonchev–Trinajstić information content (AvgIpc) is 2.43. The third kappa shape index (κ3) is 7.29. The van der Waals surface area contributed by atoms with Crippen molar-refractivity contribution in [1.29, 1.82) is 0 Å². The van der Waals surface area contributed by atoms with E-state index in [1.807, 2.05) is 6.08 Å². The molecule has 0 aromatic heterocycles. The van der Waals surface area contributed by atoms with Gasteiger partial charge in [-0.15, -0.1) is 0 Å². The van der Waals surface area contributed by atoms with Crippen LogP contribution in [-0.4, -0.2) is 25.9 Å². The first-order valence-electron chi connectivity index (χ1n) is 8.67. The topological polar surface area (TPSA) is 43.4 Å². The molecule has 0 fully saturated rings. The monoisotopic (exact) mass is 336 g/mol. The summed E-state index contributed by atoms with van der Waals surface area (Å²) >= 11 is 0. The lowest BCUT2D eigenvalue weighted by atomic mass is 9.87. The minimum atomic E-state index is -1.10. The molecule has 1 aliphatic rings. The van der Waals surface area contributed by atoms with E-state index in [4.69, 9.17) is 4.74 Å². The molecule has 0 saturated heterocycles. The molecule has 1 aliphatic carbocycles. The van der Waals surface area contributed by atoms with Crippen LogP contribution in [0, 0.1) is 5.92 Å². The number of esters is 1. The van der Waals surface area contributed by atoms with Crippen molar-refractivity contribution in [3.63, 3.8) is 0 Å². The van der Waals surface area contributed by atoms with Crippen molar-refractivity contribution in [2.45, 2.75) is 78.2 Å². The van der Waals surface area contributed by atoms with Gasteiger partial charge < -0.3 is 4.74 Å². The second-order valence-electron chi connectivity index (χ2n) is 7.92. The van der Waals surface area contributed by atoms with Crippen molar-refractivity contribution in [3.8, 4) is 0 Å². The molecule has 4 heteroatoms. The Bertz CT molecular complexity index is 497. The summed E-state index contributed by atoms with van der Waals surface area (Å²) < 4.78 is 5.48. The Morgan fingerprint density at radius 2 is 2.00 bits per heavy atom. The van der Waals surface area contributed by atoms with Gasteiger partial charge in [0, 0.05) is 27.0 Å². The maximum Gasteiger partial charge on any atom is 0.303 e. The summed E-state index contributed by atoms with van der Waals surface area (Å²) in [5.74, 6) is 0.120. The molecule has 23 heavy (non-hydrogen) atoms. The Kier molecular flexibility index (Phi) is 7.45. The number of rotatable bonds is 7. The van der Waals surface area contributed by atoms with Crippen molar-refractivity contribution in [3.05, 3.63) is 23.3 Å². The van der Waals surface area contributed by atoms with E-state index in [0.717, 1.165) is 18.9 Å². The molecule has 0 aliphatic heterocycles. The highest BCUT2D eigenvalue weighted by molar-refractivity contribution is 6.76. The van der Waals surface area contributed by atoms with Crippen LogP contribution in [0.25, 0.3) is 0 Å². The van der Waals surface area contributed by atoms with E-state index in [1.54, 1.807) is 0 Å². The summed E-state index contributed by atoms with van der Waals surface area (Å²) in [7, 11) is -1.10. The molecule has 0 radical (unpaired) electrons. The zero-order valence-electron chi connectivity index (χ0n) is 15.6. The van der Waals surface area contributed by atoms with Crippen LogP contribution < -0.4 is 0 Å². The smallest absolute Gasteiger partial charge is 0.303 e. The second kappa shape index (κ2) is 8.62. The van der Waals surface area contributed by atoms with Gasteiger partial charge in [0.05, 0.1) is 0 Å². The van der Waals surface area contributed by atoms with Crippen LogP contribution in [-0.2, 0) is 14.3 Å². The molecule has 0 saturated carbocycles. The first kappa shape index (κ1) is 19.9. The summed E-state index contributed by atoms with van der Waals surface area (Å²) in [6.07, 6.45) is 6.96. The zero-order chi connectivity index (χ0) is 17.6. The number of allylic oxidation sites excluding steroid dienone is 3. The predicted molar refractivity (Wildman–Crippen MR) is 98.2 cm³/mol. The van der Waals surface area contributed by atoms with Gasteiger partial charge in [0.1, 0.15) is 6.10 Å². The normalized spacial score (nSPS) is 19.1. The minimum Gasteiger partial charge on any atom is -0.458 e. The fraction of sp³-hybridized carbons (Fsp3) is 0.684. The summed E-state index contributed by atoms with van der Waals surface area (Å²) in [6.45, 7) is 12.8. The number of ether oxygens (including phenoxy) is 1. The van der Waals surface area contributed by atoms with Crippen LogP contribution in [0.1, 0.15) is 46.5 Å². The van der Waals surface area contributed by atoms with Crippen LogP contribution in [0.4, 0.5) is 0 Å². The number of hydrogen-bond donors (Lipinski definition) is 0. The molecule has 0 amide bonds. The summed E-state index contributed by atoms with van der Waals surface area (Å²) in [6, 6.07) is 1.16. The van der Waals surface area contributed by atoms with E-state index < -0.39 is 14.2 Å². The largest absolute Gasteiger partial charge is 0.458 e. The van der Waals surface area contributed by atoms with Crippen LogP contribution in [0.15, 0.2) is 23.3 Å². The molecule has 0 unspecified atom stereocenters. The standard InChI is InChI=1S/C19H32O3Si/c1-14(11-12-23(4,5)6)15(2)13-19(22-16(3)20)17-9-7-8-10-18(17)21/h9,11,15,19H,7-8,10,12-13H2,1-6H3/b14-11+/t15-,19+/m1/s1. The maximum absolute atomic E-state index is 12.2. The van der Waals surface area contributed by atoms with Gasteiger partial charge in [-0.1, -0.05) is 44.3 Å².